The third-order valence-corrected chi connectivity index (χ3v) is 5.78. The van der Waals surface area contributed by atoms with E-state index >= 15 is 0 Å². The molecule has 3 atom stereocenters. The maximum Gasteiger partial charge on any atom is 0.0462 e. The van der Waals surface area contributed by atoms with Gasteiger partial charge in [0.25, 0.3) is 0 Å². The van der Waals surface area contributed by atoms with Gasteiger partial charge in [0.05, 0.1) is 0 Å². The third-order valence-electron chi connectivity index (χ3n) is 5.78. The fourth-order valence-corrected chi connectivity index (χ4v) is 3.99. The monoisotopic (exact) mass is 295 g/mol. The predicted molar refractivity (Wildman–Crippen MR) is 90.5 cm³/mol. The van der Waals surface area contributed by atoms with E-state index in [1.54, 1.807) is 0 Å². The van der Waals surface area contributed by atoms with Crippen molar-refractivity contribution in [2.45, 2.75) is 78.2 Å². The SMILES string of the molecule is COCCCCC1CC(C(C)(C)C)CCC1CNC1CC1. The van der Waals surface area contributed by atoms with Gasteiger partial charge in [-0.3, -0.25) is 0 Å². The second-order valence-electron chi connectivity index (χ2n) is 8.57. The number of rotatable bonds is 8. The largest absolute Gasteiger partial charge is 0.385 e. The van der Waals surface area contributed by atoms with Gasteiger partial charge in [0.1, 0.15) is 0 Å². The lowest BCUT2D eigenvalue weighted by Crippen LogP contribution is -2.37. The molecule has 0 saturated heterocycles. The average molecular weight is 296 g/mol. The van der Waals surface area contributed by atoms with Crippen LogP contribution in [0.3, 0.4) is 0 Å². The van der Waals surface area contributed by atoms with E-state index in [1.165, 1.54) is 57.9 Å². The van der Waals surface area contributed by atoms with Gasteiger partial charge < -0.3 is 10.1 Å². The van der Waals surface area contributed by atoms with Crippen molar-refractivity contribution in [1.82, 2.24) is 5.32 Å². The molecule has 21 heavy (non-hydrogen) atoms. The standard InChI is InChI=1S/C19H37NO/c1-19(2,3)17-9-8-16(14-20-18-10-11-18)15(13-17)7-5-6-12-21-4/h15-18,20H,5-14H2,1-4H3. The second kappa shape index (κ2) is 7.97. The number of hydrogen-bond donors (Lipinski definition) is 1. The molecule has 124 valence electrons. The van der Waals surface area contributed by atoms with Gasteiger partial charge in [-0.2, -0.15) is 0 Å². The molecule has 0 radical (unpaired) electrons. The van der Waals surface area contributed by atoms with Crippen LogP contribution in [0.15, 0.2) is 0 Å². The first-order chi connectivity index (χ1) is 10.0. The number of hydrogen-bond acceptors (Lipinski definition) is 2. The van der Waals surface area contributed by atoms with Crippen LogP contribution in [0.1, 0.15) is 72.1 Å². The lowest BCUT2D eigenvalue weighted by atomic mass is 9.64. The van der Waals surface area contributed by atoms with Crippen LogP contribution >= 0.6 is 0 Å². The van der Waals surface area contributed by atoms with Crippen LogP contribution in [-0.4, -0.2) is 26.3 Å². The van der Waals surface area contributed by atoms with E-state index < -0.39 is 0 Å². The molecule has 3 unspecified atom stereocenters. The van der Waals surface area contributed by atoms with Crippen molar-refractivity contribution in [1.29, 1.82) is 0 Å². The van der Waals surface area contributed by atoms with Crippen LogP contribution in [-0.2, 0) is 4.74 Å². The van der Waals surface area contributed by atoms with Crippen LogP contribution in [0.4, 0.5) is 0 Å². The first kappa shape index (κ1) is 17.3. The molecule has 2 aliphatic carbocycles. The minimum absolute atomic E-state index is 0.486. The Bertz CT molecular complexity index is 292. The van der Waals surface area contributed by atoms with Gasteiger partial charge in [-0.25, -0.2) is 0 Å². The van der Waals surface area contributed by atoms with Crippen molar-refractivity contribution in [2.24, 2.45) is 23.2 Å². The molecular weight excluding hydrogens is 258 g/mol. The van der Waals surface area contributed by atoms with Gasteiger partial charge in [0.15, 0.2) is 0 Å². The van der Waals surface area contributed by atoms with E-state index in [0.717, 1.165) is 30.4 Å². The van der Waals surface area contributed by atoms with E-state index in [2.05, 4.69) is 26.1 Å². The number of ether oxygens (including phenoxy) is 1. The molecule has 2 rings (SSSR count). The molecular formula is C19H37NO. The zero-order chi connectivity index (χ0) is 15.3. The van der Waals surface area contributed by atoms with Gasteiger partial charge in [0.2, 0.25) is 0 Å². The average Bonchev–Trinajstić information content (AvgIpc) is 3.25. The summed E-state index contributed by atoms with van der Waals surface area (Å²) < 4.78 is 5.21. The van der Waals surface area contributed by atoms with E-state index in [0.29, 0.717) is 5.41 Å². The molecule has 2 fully saturated rings. The topological polar surface area (TPSA) is 21.3 Å². The van der Waals surface area contributed by atoms with Gasteiger partial charge in [-0.1, -0.05) is 33.6 Å². The summed E-state index contributed by atoms with van der Waals surface area (Å²) in [4.78, 5) is 0. The Kier molecular flexibility index (Phi) is 6.55. The highest BCUT2D eigenvalue weighted by atomic mass is 16.5. The lowest BCUT2D eigenvalue weighted by Gasteiger charge is -2.42. The van der Waals surface area contributed by atoms with Crippen molar-refractivity contribution in [3.63, 3.8) is 0 Å². The Morgan fingerprint density at radius 1 is 1.00 bits per heavy atom. The molecule has 2 nitrogen and oxygen atoms in total. The first-order valence-corrected chi connectivity index (χ1v) is 9.23. The summed E-state index contributed by atoms with van der Waals surface area (Å²) in [6.07, 6.45) is 11.1. The third kappa shape index (κ3) is 5.90. The Balaban J connectivity index is 1.82. The molecule has 0 heterocycles. The summed E-state index contributed by atoms with van der Waals surface area (Å²) in [7, 11) is 1.82. The highest BCUT2D eigenvalue weighted by Crippen LogP contribution is 2.44. The Morgan fingerprint density at radius 2 is 1.76 bits per heavy atom. The number of unbranched alkanes of at least 4 members (excludes halogenated alkanes) is 1. The minimum atomic E-state index is 0.486. The van der Waals surface area contributed by atoms with Gasteiger partial charge in [0, 0.05) is 19.8 Å². The van der Waals surface area contributed by atoms with Crippen molar-refractivity contribution >= 4 is 0 Å². The van der Waals surface area contributed by atoms with Crippen molar-refractivity contribution in [2.75, 3.05) is 20.3 Å². The quantitative estimate of drug-likeness (QED) is 0.659. The summed E-state index contributed by atoms with van der Waals surface area (Å²) in [6.45, 7) is 9.50. The van der Waals surface area contributed by atoms with Crippen LogP contribution in [0.5, 0.6) is 0 Å². The normalized spacial score (nSPS) is 30.6. The molecule has 0 spiro atoms. The summed E-state index contributed by atoms with van der Waals surface area (Å²) in [6, 6.07) is 0.861. The Morgan fingerprint density at radius 3 is 2.38 bits per heavy atom. The molecule has 0 aliphatic heterocycles. The second-order valence-corrected chi connectivity index (χ2v) is 8.57. The maximum atomic E-state index is 5.21. The van der Waals surface area contributed by atoms with Crippen LogP contribution in [0.25, 0.3) is 0 Å². The Labute approximate surface area is 132 Å². The highest BCUT2D eigenvalue weighted by Gasteiger charge is 2.36. The zero-order valence-electron chi connectivity index (χ0n) is 14.8. The molecule has 0 aromatic heterocycles. The van der Waals surface area contributed by atoms with Crippen LogP contribution < -0.4 is 5.32 Å². The van der Waals surface area contributed by atoms with Gasteiger partial charge >= 0.3 is 0 Å². The van der Waals surface area contributed by atoms with Crippen molar-refractivity contribution < 1.29 is 4.74 Å². The van der Waals surface area contributed by atoms with Gasteiger partial charge in [-0.05, 0) is 68.2 Å². The van der Waals surface area contributed by atoms with Crippen molar-refractivity contribution in [3.05, 3.63) is 0 Å². The van der Waals surface area contributed by atoms with Crippen LogP contribution in [0.2, 0.25) is 0 Å². The summed E-state index contributed by atoms with van der Waals surface area (Å²) in [5.41, 5.74) is 0.486. The number of nitrogens with one attached hydrogen (secondary N) is 1. The van der Waals surface area contributed by atoms with Crippen molar-refractivity contribution in [3.8, 4) is 0 Å². The highest BCUT2D eigenvalue weighted by molar-refractivity contribution is 4.89. The molecule has 0 aromatic rings. The molecule has 2 saturated carbocycles. The molecule has 2 heteroatoms. The Hall–Kier alpha value is -0.0800. The fraction of sp³-hybridized carbons (Fsp3) is 1.00. The van der Waals surface area contributed by atoms with E-state index in [-0.39, 0.29) is 0 Å². The molecule has 0 bridgehead atoms. The number of methoxy groups -OCH3 is 1. The van der Waals surface area contributed by atoms with E-state index in [4.69, 9.17) is 4.74 Å². The van der Waals surface area contributed by atoms with Crippen LogP contribution in [0, 0.1) is 23.2 Å². The summed E-state index contributed by atoms with van der Waals surface area (Å²) >= 11 is 0. The molecule has 2 aliphatic rings. The molecule has 0 aromatic carbocycles. The van der Waals surface area contributed by atoms with E-state index in [1.807, 2.05) is 7.11 Å². The van der Waals surface area contributed by atoms with Gasteiger partial charge in [-0.15, -0.1) is 0 Å². The van der Waals surface area contributed by atoms with E-state index in [9.17, 15) is 0 Å². The zero-order valence-corrected chi connectivity index (χ0v) is 14.8. The predicted octanol–water partition coefficient (Wildman–Crippen LogP) is 4.63. The smallest absolute Gasteiger partial charge is 0.0462 e. The lowest BCUT2D eigenvalue weighted by molar-refractivity contribution is 0.0890. The maximum absolute atomic E-state index is 5.21. The minimum Gasteiger partial charge on any atom is -0.385 e. The fourth-order valence-electron chi connectivity index (χ4n) is 3.99. The summed E-state index contributed by atoms with van der Waals surface area (Å²) in [5.74, 6) is 2.78. The molecule has 0 amide bonds. The first-order valence-electron chi connectivity index (χ1n) is 9.23. The summed E-state index contributed by atoms with van der Waals surface area (Å²) in [5, 5.41) is 3.79. The molecule has 1 N–H and O–H groups in total.